The number of amides is 3. The van der Waals surface area contributed by atoms with Gasteiger partial charge in [-0.3, -0.25) is 28.9 Å². The number of imide groups is 1. The van der Waals surface area contributed by atoms with Crippen LogP contribution in [-0.2, 0) is 27.3 Å². The summed E-state index contributed by atoms with van der Waals surface area (Å²) in [5.74, 6) is -1.82. The van der Waals surface area contributed by atoms with Crippen molar-refractivity contribution in [2.24, 2.45) is 0 Å². The topological polar surface area (TPSA) is 101 Å². The van der Waals surface area contributed by atoms with Crippen molar-refractivity contribution < 1.29 is 24.0 Å². The predicted molar refractivity (Wildman–Crippen MR) is 104 cm³/mol. The van der Waals surface area contributed by atoms with E-state index in [0.29, 0.717) is 5.56 Å². The Balaban J connectivity index is 1.52. The molecule has 29 heavy (non-hydrogen) atoms. The normalized spacial score (nSPS) is 18.9. The van der Waals surface area contributed by atoms with Gasteiger partial charge >= 0.3 is 0 Å². The van der Waals surface area contributed by atoms with E-state index in [0.717, 1.165) is 10.5 Å². The third-order valence-corrected chi connectivity index (χ3v) is 5.94. The number of carbonyl (C=O) groups excluding carboxylic acids is 5. The van der Waals surface area contributed by atoms with Gasteiger partial charge in [0.05, 0.1) is 30.0 Å². The second kappa shape index (κ2) is 7.71. The lowest BCUT2D eigenvalue weighted by Crippen LogP contribution is -2.47. The van der Waals surface area contributed by atoms with E-state index in [1.165, 1.54) is 11.3 Å². The van der Waals surface area contributed by atoms with Crippen LogP contribution in [0.3, 0.4) is 0 Å². The predicted octanol–water partition coefficient (Wildman–Crippen LogP) is 1.89. The number of benzene rings is 1. The Bertz CT molecular complexity index is 1030. The lowest BCUT2D eigenvalue weighted by atomic mass is 9.92. The molecule has 0 saturated heterocycles. The number of hydrogen-bond acceptors (Lipinski definition) is 6. The highest BCUT2D eigenvalue weighted by atomic mass is 32.1. The van der Waals surface area contributed by atoms with E-state index < -0.39 is 23.6 Å². The molecule has 1 saturated carbocycles. The number of thiophene rings is 1. The number of fused-ring (bicyclic) bond motifs is 1. The fraction of sp³-hybridized carbons (Fsp3) is 0.286. The zero-order valence-corrected chi connectivity index (χ0v) is 16.3. The maximum Gasteiger partial charge on any atom is 0.262 e. The number of nitrogens with zero attached hydrogens (tertiary/aromatic N) is 1. The summed E-state index contributed by atoms with van der Waals surface area (Å²) >= 11 is 1.51. The Hall–Kier alpha value is -3.13. The summed E-state index contributed by atoms with van der Waals surface area (Å²) in [6.07, 6.45) is 0.330. The standard InChI is InChI=1S/C21H18N2O5S/c24-14-4-5-16(17(25)9-14)23-20(27)15-3-1-2-13(19(15)21(23)28)10-22-18(26)8-12-6-7-29-11-12/h1-3,6-7,11,16H,4-5,8-10H2,(H,22,26). The first-order valence-electron chi connectivity index (χ1n) is 9.27. The van der Waals surface area contributed by atoms with Crippen LogP contribution in [0.15, 0.2) is 35.0 Å². The molecule has 1 aliphatic carbocycles. The van der Waals surface area contributed by atoms with Crippen LogP contribution in [0.25, 0.3) is 0 Å². The molecule has 1 unspecified atom stereocenters. The van der Waals surface area contributed by atoms with Crippen molar-refractivity contribution in [3.05, 3.63) is 57.3 Å². The molecular weight excluding hydrogens is 392 g/mol. The fourth-order valence-corrected chi connectivity index (χ4v) is 4.44. The van der Waals surface area contributed by atoms with Crippen molar-refractivity contribution >= 4 is 40.6 Å². The molecule has 1 aliphatic heterocycles. The quantitative estimate of drug-likeness (QED) is 0.599. The molecule has 0 bridgehead atoms. The first kappa shape index (κ1) is 19.2. The number of carbonyl (C=O) groups is 5. The van der Waals surface area contributed by atoms with Crippen molar-refractivity contribution in [3.63, 3.8) is 0 Å². The monoisotopic (exact) mass is 410 g/mol. The summed E-state index contributed by atoms with van der Waals surface area (Å²) in [5, 5.41) is 6.57. The molecule has 1 atom stereocenters. The van der Waals surface area contributed by atoms with Crippen molar-refractivity contribution in [1.82, 2.24) is 10.2 Å². The number of Topliss-reactive ketones (excluding diaryl/α,β-unsaturated/α-hetero) is 2. The van der Waals surface area contributed by atoms with Crippen LogP contribution in [0, 0.1) is 0 Å². The Morgan fingerprint density at radius 3 is 2.69 bits per heavy atom. The summed E-state index contributed by atoms with van der Waals surface area (Å²) in [6.45, 7) is 0.107. The number of ketones is 2. The summed E-state index contributed by atoms with van der Waals surface area (Å²) in [7, 11) is 0. The van der Waals surface area contributed by atoms with Crippen molar-refractivity contribution in [2.45, 2.75) is 38.3 Å². The Morgan fingerprint density at radius 1 is 1.14 bits per heavy atom. The molecule has 0 spiro atoms. The molecule has 4 rings (SSSR count). The Morgan fingerprint density at radius 2 is 1.97 bits per heavy atom. The molecule has 1 fully saturated rings. The Kier molecular flexibility index (Phi) is 5.10. The molecule has 1 N–H and O–H groups in total. The summed E-state index contributed by atoms with van der Waals surface area (Å²) in [6, 6.07) is 5.85. The minimum Gasteiger partial charge on any atom is -0.352 e. The second-order valence-electron chi connectivity index (χ2n) is 7.14. The van der Waals surface area contributed by atoms with Gasteiger partial charge in [-0.25, -0.2) is 0 Å². The van der Waals surface area contributed by atoms with Gasteiger partial charge < -0.3 is 5.32 Å². The van der Waals surface area contributed by atoms with Crippen LogP contribution in [0.5, 0.6) is 0 Å². The van der Waals surface area contributed by atoms with E-state index in [-0.39, 0.29) is 55.0 Å². The van der Waals surface area contributed by atoms with Gasteiger partial charge in [0.15, 0.2) is 5.78 Å². The highest BCUT2D eigenvalue weighted by Crippen LogP contribution is 2.31. The number of nitrogens with one attached hydrogen (secondary N) is 1. The molecule has 2 heterocycles. The molecule has 3 amide bonds. The molecule has 0 radical (unpaired) electrons. The minimum atomic E-state index is -0.902. The lowest BCUT2D eigenvalue weighted by Gasteiger charge is -2.27. The largest absolute Gasteiger partial charge is 0.352 e. The fourth-order valence-electron chi connectivity index (χ4n) is 3.77. The highest BCUT2D eigenvalue weighted by Gasteiger charge is 2.45. The van der Waals surface area contributed by atoms with E-state index in [4.69, 9.17) is 0 Å². The lowest BCUT2D eigenvalue weighted by molar-refractivity contribution is -0.132. The molecule has 1 aromatic heterocycles. The van der Waals surface area contributed by atoms with Crippen LogP contribution < -0.4 is 5.32 Å². The van der Waals surface area contributed by atoms with Gasteiger partial charge in [-0.2, -0.15) is 11.3 Å². The minimum absolute atomic E-state index is 0.107. The van der Waals surface area contributed by atoms with Gasteiger partial charge in [0, 0.05) is 13.0 Å². The van der Waals surface area contributed by atoms with Crippen molar-refractivity contribution in [1.29, 1.82) is 0 Å². The summed E-state index contributed by atoms with van der Waals surface area (Å²) in [4.78, 5) is 62.7. The molecular formula is C21H18N2O5S. The molecule has 1 aromatic carbocycles. The van der Waals surface area contributed by atoms with Gasteiger partial charge in [-0.1, -0.05) is 12.1 Å². The van der Waals surface area contributed by atoms with Crippen molar-refractivity contribution in [3.8, 4) is 0 Å². The van der Waals surface area contributed by atoms with E-state index in [1.807, 2.05) is 16.8 Å². The highest BCUT2D eigenvalue weighted by molar-refractivity contribution is 7.08. The van der Waals surface area contributed by atoms with Crippen LogP contribution in [0.4, 0.5) is 0 Å². The van der Waals surface area contributed by atoms with Gasteiger partial charge in [0.2, 0.25) is 5.91 Å². The first-order chi connectivity index (χ1) is 14.0. The van der Waals surface area contributed by atoms with E-state index in [9.17, 15) is 24.0 Å². The average molecular weight is 410 g/mol. The zero-order chi connectivity index (χ0) is 20.5. The smallest absolute Gasteiger partial charge is 0.262 e. The van der Waals surface area contributed by atoms with Crippen LogP contribution in [0.2, 0.25) is 0 Å². The summed E-state index contributed by atoms with van der Waals surface area (Å²) in [5.41, 5.74) is 1.89. The van der Waals surface area contributed by atoms with E-state index in [2.05, 4.69) is 5.32 Å². The third-order valence-electron chi connectivity index (χ3n) is 5.20. The summed E-state index contributed by atoms with van der Waals surface area (Å²) < 4.78 is 0. The van der Waals surface area contributed by atoms with Crippen LogP contribution in [-0.4, -0.2) is 40.2 Å². The number of rotatable bonds is 5. The zero-order valence-electron chi connectivity index (χ0n) is 15.5. The SMILES string of the molecule is O=C1CCC(N2C(=O)c3cccc(CNC(=O)Cc4ccsc4)c3C2=O)C(=O)C1. The molecule has 2 aliphatic rings. The van der Waals surface area contributed by atoms with Crippen LogP contribution in [0.1, 0.15) is 51.1 Å². The average Bonchev–Trinajstić information content (AvgIpc) is 3.28. The maximum absolute atomic E-state index is 13.0. The molecule has 7 nitrogen and oxygen atoms in total. The van der Waals surface area contributed by atoms with Gasteiger partial charge in [0.1, 0.15) is 5.78 Å². The van der Waals surface area contributed by atoms with Crippen molar-refractivity contribution in [2.75, 3.05) is 0 Å². The van der Waals surface area contributed by atoms with E-state index in [1.54, 1.807) is 18.2 Å². The van der Waals surface area contributed by atoms with Gasteiger partial charge in [-0.05, 0) is 40.4 Å². The van der Waals surface area contributed by atoms with Crippen LogP contribution >= 0.6 is 11.3 Å². The second-order valence-corrected chi connectivity index (χ2v) is 7.92. The maximum atomic E-state index is 13.0. The third kappa shape index (κ3) is 3.63. The van der Waals surface area contributed by atoms with E-state index >= 15 is 0 Å². The van der Waals surface area contributed by atoms with Gasteiger partial charge in [-0.15, -0.1) is 0 Å². The Labute approximate surface area is 170 Å². The molecule has 148 valence electrons. The number of hydrogen-bond donors (Lipinski definition) is 1. The molecule has 8 heteroatoms. The van der Waals surface area contributed by atoms with Gasteiger partial charge in [0.25, 0.3) is 11.8 Å². The first-order valence-corrected chi connectivity index (χ1v) is 10.2. The molecule has 2 aromatic rings.